The van der Waals surface area contributed by atoms with E-state index in [-0.39, 0.29) is 0 Å². The fraction of sp³-hybridized carbons (Fsp3) is 0.467. The Labute approximate surface area is 116 Å². The summed E-state index contributed by atoms with van der Waals surface area (Å²) in [4.78, 5) is 0. The molecule has 2 nitrogen and oxygen atoms in total. The number of hydrogen-bond donors (Lipinski definition) is 1. The number of fused-ring (bicyclic) bond motifs is 1. The summed E-state index contributed by atoms with van der Waals surface area (Å²) in [6, 6.07) is 9.35. The molecule has 1 heterocycles. The van der Waals surface area contributed by atoms with Crippen LogP contribution in [0.1, 0.15) is 25.7 Å². The van der Waals surface area contributed by atoms with Gasteiger partial charge in [-0.2, -0.15) is 0 Å². The van der Waals surface area contributed by atoms with Crippen LogP contribution in [0.15, 0.2) is 34.9 Å². The first kappa shape index (κ1) is 12.2. The number of hydrogen-bond acceptors (Lipinski definition) is 1. The molecule has 96 valence electrons. The molecular formula is C15H19BrN2. The Morgan fingerprint density at radius 3 is 2.89 bits per heavy atom. The van der Waals surface area contributed by atoms with Crippen LogP contribution in [-0.2, 0) is 6.54 Å². The third kappa shape index (κ3) is 2.47. The Bertz CT molecular complexity index is 526. The molecule has 1 aromatic heterocycles. The van der Waals surface area contributed by atoms with Crippen LogP contribution in [0.25, 0.3) is 10.9 Å². The van der Waals surface area contributed by atoms with Crippen molar-refractivity contribution in [2.75, 3.05) is 6.54 Å². The van der Waals surface area contributed by atoms with E-state index in [4.69, 9.17) is 0 Å². The third-order valence-corrected chi connectivity index (χ3v) is 4.59. The second kappa shape index (κ2) is 5.45. The number of nitrogens with one attached hydrogen (secondary N) is 1. The quantitative estimate of drug-likeness (QED) is 0.905. The summed E-state index contributed by atoms with van der Waals surface area (Å²) in [5, 5.41) is 4.97. The van der Waals surface area contributed by atoms with Gasteiger partial charge in [0.2, 0.25) is 0 Å². The van der Waals surface area contributed by atoms with Crippen LogP contribution in [-0.4, -0.2) is 17.2 Å². The van der Waals surface area contributed by atoms with E-state index in [0.29, 0.717) is 0 Å². The molecule has 1 aliphatic carbocycles. The highest BCUT2D eigenvalue weighted by Crippen LogP contribution is 2.24. The van der Waals surface area contributed by atoms with Crippen LogP contribution in [0.3, 0.4) is 0 Å². The summed E-state index contributed by atoms with van der Waals surface area (Å²) in [5.41, 5.74) is 1.32. The summed E-state index contributed by atoms with van der Waals surface area (Å²) in [6.07, 6.45) is 7.70. The molecule has 1 fully saturated rings. The van der Waals surface area contributed by atoms with E-state index >= 15 is 0 Å². The molecule has 0 amide bonds. The minimum Gasteiger partial charge on any atom is -0.346 e. The van der Waals surface area contributed by atoms with Gasteiger partial charge in [0, 0.05) is 40.7 Å². The minimum absolute atomic E-state index is 0.763. The summed E-state index contributed by atoms with van der Waals surface area (Å²) in [5.74, 6) is 0. The van der Waals surface area contributed by atoms with E-state index in [1.54, 1.807) is 0 Å². The Kier molecular flexibility index (Phi) is 3.71. The van der Waals surface area contributed by atoms with Gasteiger partial charge < -0.3 is 9.88 Å². The van der Waals surface area contributed by atoms with Crippen molar-refractivity contribution in [2.24, 2.45) is 0 Å². The average Bonchev–Trinajstić information content (AvgIpc) is 3.00. The fourth-order valence-corrected chi connectivity index (χ4v) is 3.39. The van der Waals surface area contributed by atoms with E-state index in [2.05, 4.69) is 56.3 Å². The molecule has 1 saturated carbocycles. The molecule has 0 unspecified atom stereocenters. The van der Waals surface area contributed by atoms with Crippen molar-refractivity contribution in [2.45, 2.75) is 38.3 Å². The first-order chi connectivity index (χ1) is 8.84. The SMILES string of the molecule is Brc1cccc2c1ccn2CCNC1CCCC1. The van der Waals surface area contributed by atoms with E-state index < -0.39 is 0 Å². The largest absolute Gasteiger partial charge is 0.346 e. The Balaban J connectivity index is 1.65. The zero-order chi connectivity index (χ0) is 12.4. The van der Waals surface area contributed by atoms with Gasteiger partial charge in [0.25, 0.3) is 0 Å². The van der Waals surface area contributed by atoms with Crippen LogP contribution in [0.4, 0.5) is 0 Å². The van der Waals surface area contributed by atoms with Gasteiger partial charge in [-0.3, -0.25) is 0 Å². The van der Waals surface area contributed by atoms with E-state index in [9.17, 15) is 0 Å². The Morgan fingerprint density at radius 2 is 2.06 bits per heavy atom. The van der Waals surface area contributed by atoms with Gasteiger partial charge in [0.1, 0.15) is 0 Å². The average molecular weight is 307 g/mol. The highest BCUT2D eigenvalue weighted by Gasteiger charge is 2.13. The topological polar surface area (TPSA) is 17.0 Å². The first-order valence-electron chi connectivity index (χ1n) is 6.81. The molecule has 0 radical (unpaired) electrons. The number of aromatic nitrogens is 1. The smallest absolute Gasteiger partial charge is 0.0492 e. The number of nitrogens with zero attached hydrogens (tertiary/aromatic N) is 1. The van der Waals surface area contributed by atoms with Gasteiger partial charge in [-0.1, -0.05) is 34.8 Å². The molecule has 0 atom stereocenters. The molecule has 0 bridgehead atoms. The van der Waals surface area contributed by atoms with Crippen LogP contribution in [0, 0.1) is 0 Å². The lowest BCUT2D eigenvalue weighted by atomic mass is 10.2. The molecule has 3 heteroatoms. The van der Waals surface area contributed by atoms with Crippen molar-refractivity contribution in [3.63, 3.8) is 0 Å². The minimum atomic E-state index is 0.763. The van der Waals surface area contributed by atoms with Crippen molar-refractivity contribution in [3.8, 4) is 0 Å². The van der Waals surface area contributed by atoms with Crippen LogP contribution in [0.5, 0.6) is 0 Å². The molecule has 2 aromatic rings. The van der Waals surface area contributed by atoms with E-state index in [0.717, 1.165) is 19.1 Å². The molecule has 0 aliphatic heterocycles. The second-order valence-corrected chi connectivity index (χ2v) is 5.97. The molecule has 3 rings (SSSR count). The summed E-state index contributed by atoms with van der Waals surface area (Å²) in [6.45, 7) is 2.12. The predicted molar refractivity (Wildman–Crippen MR) is 79.9 cm³/mol. The number of benzene rings is 1. The lowest BCUT2D eigenvalue weighted by molar-refractivity contribution is 0.501. The van der Waals surface area contributed by atoms with Crippen molar-refractivity contribution in [1.29, 1.82) is 0 Å². The molecule has 1 aromatic carbocycles. The fourth-order valence-electron chi connectivity index (χ4n) is 2.90. The van der Waals surface area contributed by atoms with Crippen LogP contribution < -0.4 is 5.32 Å². The maximum atomic E-state index is 3.67. The highest BCUT2D eigenvalue weighted by atomic mass is 79.9. The monoisotopic (exact) mass is 306 g/mol. The second-order valence-electron chi connectivity index (χ2n) is 5.12. The Hall–Kier alpha value is -0.800. The first-order valence-corrected chi connectivity index (χ1v) is 7.60. The summed E-state index contributed by atoms with van der Waals surface area (Å²) in [7, 11) is 0. The van der Waals surface area contributed by atoms with Crippen molar-refractivity contribution >= 4 is 26.8 Å². The normalized spacial score (nSPS) is 16.7. The van der Waals surface area contributed by atoms with Crippen LogP contribution >= 0.6 is 15.9 Å². The predicted octanol–water partition coefficient (Wildman–Crippen LogP) is 3.94. The number of halogens is 1. The lowest BCUT2D eigenvalue weighted by Crippen LogP contribution is -2.29. The molecule has 1 aliphatic rings. The number of rotatable bonds is 4. The summed E-state index contributed by atoms with van der Waals surface area (Å²) < 4.78 is 3.52. The molecule has 18 heavy (non-hydrogen) atoms. The van der Waals surface area contributed by atoms with Crippen LogP contribution in [0.2, 0.25) is 0 Å². The van der Waals surface area contributed by atoms with Crippen molar-refractivity contribution < 1.29 is 0 Å². The molecule has 0 saturated heterocycles. The molecule has 1 N–H and O–H groups in total. The van der Waals surface area contributed by atoms with Crippen molar-refractivity contribution in [1.82, 2.24) is 9.88 Å². The Morgan fingerprint density at radius 1 is 1.22 bits per heavy atom. The van der Waals surface area contributed by atoms with Gasteiger partial charge in [0.05, 0.1) is 0 Å². The van der Waals surface area contributed by atoms with E-state index in [1.165, 1.54) is 41.1 Å². The standard InChI is InChI=1S/C15H19BrN2/c16-14-6-3-7-15-13(14)8-10-18(15)11-9-17-12-4-1-2-5-12/h3,6-8,10,12,17H,1-2,4-5,9,11H2. The lowest BCUT2D eigenvalue weighted by Gasteiger charge is -2.12. The third-order valence-electron chi connectivity index (χ3n) is 3.90. The van der Waals surface area contributed by atoms with E-state index in [1.807, 2.05) is 0 Å². The maximum absolute atomic E-state index is 3.67. The zero-order valence-electron chi connectivity index (χ0n) is 10.5. The molecule has 0 spiro atoms. The van der Waals surface area contributed by atoms with Gasteiger partial charge >= 0.3 is 0 Å². The van der Waals surface area contributed by atoms with Crippen molar-refractivity contribution in [3.05, 3.63) is 34.9 Å². The van der Waals surface area contributed by atoms with Gasteiger partial charge in [-0.25, -0.2) is 0 Å². The molecular weight excluding hydrogens is 288 g/mol. The maximum Gasteiger partial charge on any atom is 0.0492 e. The zero-order valence-corrected chi connectivity index (χ0v) is 12.1. The van der Waals surface area contributed by atoms with Gasteiger partial charge in [0.15, 0.2) is 0 Å². The summed E-state index contributed by atoms with van der Waals surface area (Å²) >= 11 is 3.60. The van der Waals surface area contributed by atoms with Gasteiger partial charge in [-0.05, 0) is 31.0 Å². The highest BCUT2D eigenvalue weighted by molar-refractivity contribution is 9.10. The van der Waals surface area contributed by atoms with Gasteiger partial charge in [-0.15, -0.1) is 0 Å².